The van der Waals surface area contributed by atoms with Crippen LogP contribution in [0.15, 0.2) is 30.3 Å². The highest BCUT2D eigenvalue weighted by Crippen LogP contribution is 2.29. The Kier molecular flexibility index (Phi) is 2.76. The Balaban J connectivity index is 1.78. The molecular formula is C12H15NO4. The van der Waals surface area contributed by atoms with Crippen LogP contribution >= 0.6 is 0 Å². The van der Waals surface area contributed by atoms with Crippen LogP contribution < -0.4 is 10.5 Å². The van der Waals surface area contributed by atoms with Gasteiger partial charge in [0.2, 0.25) is 0 Å². The van der Waals surface area contributed by atoms with Gasteiger partial charge in [0.1, 0.15) is 18.0 Å². The maximum Gasteiger partial charge on any atom is 0.197 e. The third kappa shape index (κ3) is 1.91. The van der Waals surface area contributed by atoms with Crippen molar-refractivity contribution in [2.24, 2.45) is 5.73 Å². The molecule has 0 saturated carbocycles. The van der Waals surface area contributed by atoms with E-state index in [2.05, 4.69) is 0 Å². The highest BCUT2D eigenvalue weighted by Gasteiger charge is 2.50. The average molecular weight is 237 g/mol. The first-order valence-electron chi connectivity index (χ1n) is 5.68. The molecule has 0 amide bonds. The molecule has 0 aromatic heterocycles. The fourth-order valence-electron chi connectivity index (χ4n) is 2.20. The Hall–Kier alpha value is -1.14. The van der Waals surface area contributed by atoms with Crippen molar-refractivity contribution >= 4 is 0 Å². The Morgan fingerprint density at radius 1 is 1.29 bits per heavy atom. The molecule has 2 aliphatic heterocycles. The summed E-state index contributed by atoms with van der Waals surface area (Å²) in [6, 6.07) is 8.79. The lowest BCUT2D eigenvalue weighted by molar-refractivity contribution is -0.189. The number of para-hydroxylation sites is 1. The number of rotatable bonds is 2. The third-order valence-electron chi connectivity index (χ3n) is 3.18. The van der Waals surface area contributed by atoms with Gasteiger partial charge >= 0.3 is 0 Å². The SMILES string of the molecule is N[C@H]1[C@H](O)[C@H](Oc2ccccc2)[C@@H]2OC[C@@H]1O2. The van der Waals surface area contributed by atoms with Gasteiger partial charge in [0.25, 0.3) is 0 Å². The van der Waals surface area contributed by atoms with Gasteiger partial charge in [-0.3, -0.25) is 0 Å². The summed E-state index contributed by atoms with van der Waals surface area (Å²) in [6.07, 6.45) is -2.12. The van der Waals surface area contributed by atoms with Crippen molar-refractivity contribution in [3.05, 3.63) is 30.3 Å². The molecule has 5 atom stereocenters. The van der Waals surface area contributed by atoms with E-state index in [0.717, 1.165) is 0 Å². The van der Waals surface area contributed by atoms with E-state index in [4.69, 9.17) is 19.9 Å². The van der Waals surface area contributed by atoms with E-state index >= 15 is 0 Å². The molecule has 92 valence electrons. The van der Waals surface area contributed by atoms with Crippen LogP contribution in [-0.2, 0) is 9.47 Å². The van der Waals surface area contributed by atoms with Gasteiger partial charge in [0, 0.05) is 0 Å². The number of benzene rings is 1. The molecule has 0 radical (unpaired) electrons. The van der Waals surface area contributed by atoms with Crippen LogP contribution in [0.3, 0.4) is 0 Å². The van der Waals surface area contributed by atoms with Crippen molar-refractivity contribution in [1.82, 2.24) is 0 Å². The molecular weight excluding hydrogens is 222 g/mol. The number of fused-ring (bicyclic) bond motifs is 2. The smallest absolute Gasteiger partial charge is 0.197 e. The normalized spacial score (nSPS) is 40.2. The van der Waals surface area contributed by atoms with Crippen LogP contribution in [0.1, 0.15) is 0 Å². The summed E-state index contributed by atoms with van der Waals surface area (Å²) in [4.78, 5) is 0. The molecule has 2 saturated heterocycles. The number of ether oxygens (including phenoxy) is 3. The fraction of sp³-hybridized carbons (Fsp3) is 0.500. The van der Waals surface area contributed by atoms with E-state index in [1.807, 2.05) is 30.3 Å². The van der Waals surface area contributed by atoms with Gasteiger partial charge in [-0.05, 0) is 12.1 Å². The monoisotopic (exact) mass is 237 g/mol. The molecule has 2 fully saturated rings. The predicted molar refractivity (Wildman–Crippen MR) is 59.5 cm³/mol. The van der Waals surface area contributed by atoms with Gasteiger partial charge in [-0.1, -0.05) is 18.2 Å². The van der Waals surface area contributed by atoms with Gasteiger partial charge in [0.15, 0.2) is 12.4 Å². The standard InChI is InChI=1S/C12H15NO4/c13-9-8-6-15-12(17-8)11(10(9)14)16-7-4-2-1-3-5-7/h1-5,8-12,14H,6,13H2/t8-,9+,10-,11-,12+/m0/s1. The Labute approximate surface area is 99.1 Å². The summed E-state index contributed by atoms with van der Waals surface area (Å²) in [5, 5.41) is 10.1. The molecule has 1 aromatic rings. The summed E-state index contributed by atoms with van der Waals surface area (Å²) in [7, 11) is 0. The maximum absolute atomic E-state index is 10.1. The van der Waals surface area contributed by atoms with Crippen LogP contribution in [-0.4, -0.2) is 42.4 Å². The van der Waals surface area contributed by atoms with E-state index in [-0.39, 0.29) is 6.10 Å². The first kappa shape index (κ1) is 11.0. The van der Waals surface area contributed by atoms with E-state index in [1.165, 1.54) is 0 Å². The summed E-state index contributed by atoms with van der Waals surface area (Å²) in [5.74, 6) is 0.668. The van der Waals surface area contributed by atoms with E-state index < -0.39 is 24.5 Å². The molecule has 2 aliphatic rings. The minimum atomic E-state index is -0.776. The predicted octanol–water partition coefficient (Wildman–Crippen LogP) is -0.123. The van der Waals surface area contributed by atoms with Crippen LogP contribution in [0.5, 0.6) is 5.75 Å². The summed E-state index contributed by atoms with van der Waals surface area (Å²) in [6.45, 7) is 0.414. The maximum atomic E-state index is 10.1. The van der Waals surface area contributed by atoms with Crippen molar-refractivity contribution in [2.75, 3.05) is 6.61 Å². The topological polar surface area (TPSA) is 73.9 Å². The molecule has 17 heavy (non-hydrogen) atoms. The molecule has 5 nitrogen and oxygen atoms in total. The van der Waals surface area contributed by atoms with Gasteiger partial charge in [0.05, 0.1) is 12.6 Å². The van der Waals surface area contributed by atoms with Gasteiger partial charge in [-0.15, -0.1) is 0 Å². The minimum Gasteiger partial charge on any atom is -0.482 e. The molecule has 0 unspecified atom stereocenters. The lowest BCUT2D eigenvalue weighted by Crippen LogP contribution is -2.59. The highest BCUT2D eigenvalue weighted by molar-refractivity contribution is 5.22. The molecule has 5 heteroatoms. The zero-order chi connectivity index (χ0) is 11.8. The zero-order valence-corrected chi connectivity index (χ0v) is 9.23. The number of aliphatic hydroxyl groups excluding tert-OH is 1. The first-order chi connectivity index (χ1) is 8.25. The second-order valence-corrected chi connectivity index (χ2v) is 4.34. The van der Waals surface area contributed by atoms with Crippen LogP contribution in [0.2, 0.25) is 0 Å². The highest BCUT2D eigenvalue weighted by atomic mass is 16.7. The van der Waals surface area contributed by atoms with Gasteiger partial charge in [-0.25, -0.2) is 0 Å². The van der Waals surface area contributed by atoms with Crippen molar-refractivity contribution in [1.29, 1.82) is 0 Å². The largest absolute Gasteiger partial charge is 0.482 e. The van der Waals surface area contributed by atoms with E-state index in [0.29, 0.717) is 12.4 Å². The Bertz CT molecular complexity index is 385. The second kappa shape index (κ2) is 4.27. The molecule has 3 rings (SSSR count). The number of hydrogen-bond donors (Lipinski definition) is 2. The average Bonchev–Trinajstić information content (AvgIpc) is 2.80. The molecule has 2 bridgehead atoms. The van der Waals surface area contributed by atoms with Gasteiger partial charge < -0.3 is 25.1 Å². The van der Waals surface area contributed by atoms with Crippen molar-refractivity contribution in [3.8, 4) is 5.75 Å². The summed E-state index contributed by atoms with van der Waals surface area (Å²) >= 11 is 0. The lowest BCUT2D eigenvalue weighted by atomic mass is 9.99. The zero-order valence-electron chi connectivity index (χ0n) is 9.23. The third-order valence-corrected chi connectivity index (χ3v) is 3.18. The van der Waals surface area contributed by atoms with Crippen LogP contribution in [0.25, 0.3) is 0 Å². The van der Waals surface area contributed by atoms with Crippen molar-refractivity contribution in [3.63, 3.8) is 0 Å². The van der Waals surface area contributed by atoms with E-state index in [1.54, 1.807) is 0 Å². The van der Waals surface area contributed by atoms with Crippen molar-refractivity contribution in [2.45, 2.75) is 30.6 Å². The number of nitrogens with two attached hydrogens (primary N) is 1. The molecule has 0 spiro atoms. The Morgan fingerprint density at radius 3 is 2.82 bits per heavy atom. The lowest BCUT2D eigenvalue weighted by Gasteiger charge is -2.36. The number of aliphatic hydroxyl groups is 1. The minimum absolute atomic E-state index is 0.231. The quantitative estimate of drug-likeness (QED) is 0.750. The first-order valence-corrected chi connectivity index (χ1v) is 5.68. The second-order valence-electron chi connectivity index (χ2n) is 4.34. The summed E-state index contributed by atoms with van der Waals surface area (Å²) in [5.41, 5.74) is 5.87. The fourth-order valence-corrected chi connectivity index (χ4v) is 2.20. The van der Waals surface area contributed by atoms with Gasteiger partial charge in [-0.2, -0.15) is 0 Å². The summed E-state index contributed by atoms with van der Waals surface area (Å²) < 4.78 is 16.6. The Morgan fingerprint density at radius 2 is 2.06 bits per heavy atom. The molecule has 2 heterocycles. The van der Waals surface area contributed by atoms with Crippen LogP contribution in [0, 0.1) is 0 Å². The van der Waals surface area contributed by atoms with E-state index in [9.17, 15) is 5.11 Å². The molecule has 1 aromatic carbocycles. The van der Waals surface area contributed by atoms with Crippen molar-refractivity contribution < 1.29 is 19.3 Å². The molecule has 3 N–H and O–H groups in total. The molecule has 0 aliphatic carbocycles. The number of hydrogen-bond acceptors (Lipinski definition) is 5. The van der Waals surface area contributed by atoms with Crippen LogP contribution in [0.4, 0.5) is 0 Å².